The molecule has 8 heteroatoms. The molecule has 3 aromatic rings. The fourth-order valence-electron chi connectivity index (χ4n) is 4.91. The minimum atomic E-state index is -0.683. The molecule has 162 valence electrons. The lowest BCUT2D eigenvalue weighted by molar-refractivity contribution is -0.142. The first kappa shape index (κ1) is 20.4. The standard InChI is InChI=1S/C23H25BrN4O3/c1-12(2)20-18(24)19(13-3-5-14(6-4-13)23(29)30)27-21-17(11-26-28(20)21)16-9-15-7-8-31-22(15)25-10-16/h7-8,10-14,16H,3-6,9H2,1-2H3,(H,29,30). The molecule has 1 aliphatic heterocycles. The molecule has 1 aliphatic carbocycles. The molecule has 1 unspecified atom stereocenters. The van der Waals surface area contributed by atoms with Crippen LogP contribution in [0.15, 0.2) is 32.4 Å². The van der Waals surface area contributed by atoms with Crippen LogP contribution < -0.4 is 0 Å². The normalized spacial score (nSPS) is 23.4. The number of fused-ring (bicyclic) bond motifs is 2. The van der Waals surface area contributed by atoms with Crippen molar-refractivity contribution in [2.75, 3.05) is 0 Å². The number of nitrogens with zero attached hydrogens (tertiary/aromatic N) is 4. The molecule has 5 rings (SSSR count). The maximum atomic E-state index is 11.4. The number of carboxylic acids is 1. The summed E-state index contributed by atoms with van der Waals surface area (Å²) in [5.74, 6) is 0.348. The quantitative estimate of drug-likeness (QED) is 0.519. The number of aliphatic carboxylic acids is 1. The molecule has 4 heterocycles. The monoisotopic (exact) mass is 484 g/mol. The Kier molecular flexibility index (Phi) is 5.20. The molecule has 1 saturated carbocycles. The summed E-state index contributed by atoms with van der Waals surface area (Å²) < 4.78 is 8.37. The zero-order valence-corrected chi connectivity index (χ0v) is 19.2. The molecule has 0 radical (unpaired) electrons. The van der Waals surface area contributed by atoms with Gasteiger partial charge in [0.05, 0.1) is 34.2 Å². The Labute approximate surface area is 188 Å². The zero-order chi connectivity index (χ0) is 21.7. The number of carboxylic acid groups (broad SMARTS) is 1. The van der Waals surface area contributed by atoms with Crippen molar-refractivity contribution >= 4 is 39.6 Å². The van der Waals surface area contributed by atoms with Gasteiger partial charge in [-0.2, -0.15) is 5.10 Å². The summed E-state index contributed by atoms with van der Waals surface area (Å²) >= 11 is 3.83. The number of aromatic nitrogens is 3. The Bertz CT molecular complexity index is 1170. The highest BCUT2D eigenvalue weighted by atomic mass is 79.9. The first-order valence-electron chi connectivity index (χ1n) is 10.8. The molecular formula is C23H25BrN4O3. The molecule has 3 aromatic heterocycles. The number of hydrogen-bond acceptors (Lipinski definition) is 5. The van der Waals surface area contributed by atoms with Crippen molar-refractivity contribution in [3.63, 3.8) is 0 Å². The van der Waals surface area contributed by atoms with Gasteiger partial charge in [0, 0.05) is 29.2 Å². The summed E-state index contributed by atoms with van der Waals surface area (Å²) in [6.45, 7) is 4.32. The van der Waals surface area contributed by atoms with Gasteiger partial charge in [0.2, 0.25) is 5.88 Å². The van der Waals surface area contributed by atoms with Crippen LogP contribution in [-0.4, -0.2) is 31.9 Å². The van der Waals surface area contributed by atoms with Crippen LogP contribution in [0.4, 0.5) is 5.88 Å². The third-order valence-corrected chi connectivity index (χ3v) is 7.43. The topological polar surface area (TPSA) is 93.0 Å². The summed E-state index contributed by atoms with van der Waals surface area (Å²) in [6.07, 6.45) is 9.39. The Morgan fingerprint density at radius 3 is 2.77 bits per heavy atom. The largest absolute Gasteiger partial charge is 0.481 e. The number of hydrogen-bond donors (Lipinski definition) is 1. The zero-order valence-electron chi connectivity index (χ0n) is 17.6. The Morgan fingerprint density at radius 2 is 2.06 bits per heavy atom. The molecule has 0 saturated heterocycles. The van der Waals surface area contributed by atoms with Gasteiger partial charge in [-0.25, -0.2) is 14.5 Å². The van der Waals surface area contributed by atoms with Gasteiger partial charge in [-0.15, -0.1) is 0 Å². The fourth-order valence-corrected chi connectivity index (χ4v) is 5.95. The highest BCUT2D eigenvalue weighted by molar-refractivity contribution is 9.10. The first-order chi connectivity index (χ1) is 14.9. The molecule has 0 bridgehead atoms. The van der Waals surface area contributed by atoms with Gasteiger partial charge in [0.15, 0.2) is 5.65 Å². The van der Waals surface area contributed by atoms with E-state index in [9.17, 15) is 9.90 Å². The van der Waals surface area contributed by atoms with E-state index in [4.69, 9.17) is 14.5 Å². The van der Waals surface area contributed by atoms with Crippen LogP contribution in [-0.2, 0) is 11.2 Å². The Morgan fingerprint density at radius 1 is 1.29 bits per heavy atom. The number of carbonyl (C=O) groups is 1. The van der Waals surface area contributed by atoms with Crippen LogP contribution >= 0.6 is 15.9 Å². The van der Waals surface area contributed by atoms with Gasteiger partial charge >= 0.3 is 5.97 Å². The van der Waals surface area contributed by atoms with Gasteiger partial charge < -0.3 is 9.52 Å². The van der Waals surface area contributed by atoms with E-state index in [1.54, 1.807) is 6.26 Å². The molecule has 31 heavy (non-hydrogen) atoms. The van der Waals surface area contributed by atoms with Crippen molar-refractivity contribution in [3.8, 4) is 0 Å². The molecule has 1 N–H and O–H groups in total. The van der Waals surface area contributed by atoms with Crippen molar-refractivity contribution in [1.29, 1.82) is 0 Å². The molecule has 1 atom stereocenters. The van der Waals surface area contributed by atoms with Crippen LogP contribution in [0.3, 0.4) is 0 Å². The summed E-state index contributed by atoms with van der Waals surface area (Å²) in [5.41, 5.74) is 5.15. The molecule has 0 spiro atoms. The Balaban J connectivity index is 1.57. The van der Waals surface area contributed by atoms with Crippen molar-refractivity contribution in [3.05, 3.63) is 45.5 Å². The lowest BCUT2D eigenvalue weighted by atomic mass is 9.80. The van der Waals surface area contributed by atoms with Crippen LogP contribution in [0.1, 0.15) is 79.8 Å². The van der Waals surface area contributed by atoms with E-state index in [1.807, 2.05) is 23.0 Å². The van der Waals surface area contributed by atoms with E-state index >= 15 is 0 Å². The van der Waals surface area contributed by atoms with Gasteiger partial charge in [0.25, 0.3) is 0 Å². The molecule has 0 aromatic carbocycles. The third kappa shape index (κ3) is 3.50. The van der Waals surface area contributed by atoms with Crippen molar-refractivity contribution in [2.24, 2.45) is 10.9 Å². The molecule has 1 fully saturated rings. The summed E-state index contributed by atoms with van der Waals surface area (Å²) in [7, 11) is 0. The van der Waals surface area contributed by atoms with E-state index in [2.05, 4.69) is 34.8 Å². The van der Waals surface area contributed by atoms with Crippen molar-refractivity contribution in [1.82, 2.24) is 14.6 Å². The van der Waals surface area contributed by atoms with Crippen LogP contribution in [0.5, 0.6) is 0 Å². The second kappa shape index (κ2) is 7.89. The maximum absolute atomic E-state index is 11.4. The number of aliphatic imine (C=N–C) groups is 1. The van der Waals surface area contributed by atoms with Crippen molar-refractivity contribution < 1.29 is 14.3 Å². The molecular weight excluding hydrogens is 460 g/mol. The lowest BCUT2D eigenvalue weighted by Gasteiger charge is -2.27. The predicted molar refractivity (Wildman–Crippen MR) is 120 cm³/mol. The highest BCUT2D eigenvalue weighted by Gasteiger charge is 2.31. The summed E-state index contributed by atoms with van der Waals surface area (Å²) in [6, 6.07) is 1.97. The number of rotatable bonds is 4. The van der Waals surface area contributed by atoms with Gasteiger partial charge in [-0.1, -0.05) is 13.8 Å². The predicted octanol–water partition coefficient (Wildman–Crippen LogP) is 5.61. The average molecular weight is 485 g/mol. The summed E-state index contributed by atoms with van der Waals surface area (Å²) in [5, 5.41) is 14.1. The Hall–Kier alpha value is -2.48. The van der Waals surface area contributed by atoms with Crippen LogP contribution in [0.2, 0.25) is 0 Å². The minimum absolute atomic E-state index is 0.0897. The molecule has 2 aliphatic rings. The van der Waals surface area contributed by atoms with E-state index in [1.165, 1.54) is 0 Å². The summed E-state index contributed by atoms with van der Waals surface area (Å²) in [4.78, 5) is 21.0. The van der Waals surface area contributed by atoms with E-state index in [0.29, 0.717) is 18.7 Å². The number of halogens is 1. The number of furan rings is 1. The van der Waals surface area contributed by atoms with E-state index in [-0.39, 0.29) is 23.7 Å². The average Bonchev–Trinajstić information content (AvgIpc) is 3.39. The smallest absolute Gasteiger partial charge is 0.306 e. The van der Waals surface area contributed by atoms with Gasteiger partial charge in [-0.05, 0) is 60.0 Å². The molecule has 0 amide bonds. The van der Waals surface area contributed by atoms with Gasteiger partial charge in [0.1, 0.15) is 0 Å². The fraction of sp³-hybridized carbons (Fsp3) is 0.478. The van der Waals surface area contributed by atoms with Crippen LogP contribution in [0, 0.1) is 5.92 Å². The lowest BCUT2D eigenvalue weighted by Crippen LogP contribution is -2.22. The SMILES string of the molecule is CC(C)c1c(Br)c(C2CCC(C(=O)O)CC2)nc2c(C3C=Nc4occc4C3)cnn12. The minimum Gasteiger partial charge on any atom is -0.481 e. The second-order valence-electron chi connectivity index (χ2n) is 8.91. The maximum Gasteiger partial charge on any atom is 0.306 e. The van der Waals surface area contributed by atoms with E-state index in [0.717, 1.165) is 51.9 Å². The highest BCUT2D eigenvalue weighted by Crippen LogP contribution is 2.41. The molecule has 7 nitrogen and oxygen atoms in total. The second-order valence-corrected chi connectivity index (χ2v) is 9.71. The van der Waals surface area contributed by atoms with Gasteiger partial charge in [-0.3, -0.25) is 4.79 Å². The van der Waals surface area contributed by atoms with E-state index < -0.39 is 5.97 Å². The first-order valence-corrected chi connectivity index (χ1v) is 11.6. The third-order valence-electron chi connectivity index (χ3n) is 6.62. The van der Waals surface area contributed by atoms with Crippen LogP contribution in [0.25, 0.3) is 5.65 Å². The van der Waals surface area contributed by atoms with Crippen molar-refractivity contribution in [2.45, 2.75) is 63.7 Å².